The summed E-state index contributed by atoms with van der Waals surface area (Å²) in [5, 5.41) is 34.0. The number of rotatable bonds is 8. The van der Waals surface area contributed by atoms with Crippen molar-refractivity contribution >= 4 is 5.97 Å². The number of ether oxygens (including phenoxy) is 1. The van der Waals surface area contributed by atoms with Gasteiger partial charge in [0.1, 0.15) is 0 Å². The quantitative estimate of drug-likeness (QED) is 0.337. The molecule has 0 saturated heterocycles. The highest BCUT2D eigenvalue weighted by Gasteiger charge is 2.26. The smallest absolute Gasteiger partial charge is 0.330 e. The van der Waals surface area contributed by atoms with E-state index in [4.69, 9.17) is 25.2 Å². The Morgan fingerprint density at radius 2 is 1.59 bits per heavy atom. The van der Waals surface area contributed by atoms with E-state index in [1.54, 1.807) is 0 Å². The lowest BCUT2D eigenvalue weighted by atomic mass is 9.93. The van der Waals surface area contributed by atoms with Crippen molar-refractivity contribution in [1.29, 1.82) is 0 Å². The first-order valence-electron chi connectivity index (χ1n) is 9.45. The molecule has 1 aliphatic carbocycles. The molecule has 4 N–H and O–H groups in total. The second-order valence-corrected chi connectivity index (χ2v) is 7.03. The number of carbonyl (C=O) groups is 1. The summed E-state index contributed by atoms with van der Waals surface area (Å²) in [7, 11) is 0. The van der Waals surface area contributed by atoms with E-state index in [0.29, 0.717) is 6.61 Å². The van der Waals surface area contributed by atoms with Crippen molar-refractivity contribution in [2.45, 2.75) is 12.8 Å². The van der Waals surface area contributed by atoms with E-state index in [9.17, 15) is 4.79 Å². The van der Waals surface area contributed by atoms with Gasteiger partial charge in [0.2, 0.25) is 0 Å². The molecular formula is C23H28O6. The van der Waals surface area contributed by atoms with Gasteiger partial charge >= 0.3 is 5.97 Å². The maximum Gasteiger partial charge on any atom is 0.330 e. The number of aliphatic hydroxyl groups excluding tert-OH is 4. The van der Waals surface area contributed by atoms with Crippen molar-refractivity contribution in [3.8, 4) is 11.1 Å². The Labute approximate surface area is 170 Å². The van der Waals surface area contributed by atoms with Gasteiger partial charge in [-0.2, -0.15) is 0 Å². The van der Waals surface area contributed by atoms with Crippen LogP contribution >= 0.6 is 0 Å². The third kappa shape index (κ3) is 5.52. The topological polar surface area (TPSA) is 107 Å². The summed E-state index contributed by atoms with van der Waals surface area (Å²) in [5.41, 5.74) is 5.53. The molecule has 0 bridgehead atoms. The largest absolute Gasteiger partial charge is 0.462 e. The fraction of sp³-hybridized carbons (Fsp3) is 0.348. The molecule has 0 aliphatic heterocycles. The van der Waals surface area contributed by atoms with Crippen LogP contribution in [-0.2, 0) is 22.4 Å². The summed E-state index contributed by atoms with van der Waals surface area (Å²) in [6.45, 7) is 2.17. The van der Waals surface area contributed by atoms with E-state index >= 15 is 0 Å². The number of fused-ring (bicyclic) bond motifs is 3. The molecule has 3 rings (SSSR count). The Morgan fingerprint density at radius 3 is 2.17 bits per heavy atom. The normalized spacial score (nSPS) is 11.7. The summed E-state index contributed by atoms with van der Waals surface area (Å²) >= 11 is 0. The average molecular weight is 400 g/mol. The first-order valence-corrected chi connectivity index (χ1v) is 9.45. The fourth-order valence-corrected chi connectivity index (χ4v) is 3.08. The van der Waals surface area contributed by atoms with Gasteiger partial charge in [0.05, 0.1) is 38.4 Å². The van der Waals surface area contributed by atoms with Gasteiger partial charge in [-0.25, -0.2) is 4.79 Å². The van der Waals surface area contributed by atoms with E-state index in [1.807, 2.05) is 0 Å². The van der Waals surface area contributed by atoms with Crippen LogP contribution in [0.25, 0.3) is 11.1 Å². The van der Waals surface area contributed by atoms with Gasteiger partial charge in [-0.1, -0.05) is 49.0 Å². The highest BCUT2D eigenvalue weighted by Crippen LogP contribution is 2.38. The summed E-state index contributed by atoms with van der Waals surface area (Å²) in [6.07, 6.45) is 2.92. The second-order valence-electron chi connectivity index (χ2n) is 7.03. The van der Waals surface area contributed by atoms with Crippen LogP contribution in [0.4, 0.5) is 0 Å². The van der Waals surface area contributed by atoms with Crippen molar-refractivity contribution in [3.05, 3.63) is 71.8 Å². The number of esters is 1. The van der Waals surface area contributed by atoms with Crippen LogP contribution in [0.2, 0.25) is 0 Å². The molecule has 6 nitrogen and oxygen atoms in total. The molecule has 0 atom stereocenters. The van der Waals surface area contributed by atoms with Gasteiger partial charge in [-0.3, -0.25) is 0 Å². The molecule has 0 heterocycles. The molecule has 29 heavy (non-hydrogen) atoms. The Balaban J connectivity index is 0.000000284. The number of aliphatic hydroxyl groups is 4. The van der Waals surface area contributed by atoms with Crippen LogP contribution in [0.3, 0.4) is 0 Å². The Kier molecular flexibility index (Phi) is 8.54. The van der Waals surface area contributed by atoms with Crippen LogP contribution in [0, 0.1) is 5.41 Å². The SMILES string of the molecule is C=CC(=O)OCCc1cccc2c1Cc1ccccc1-2.OCC(CO)(CO)CO. The minimum atomic E-state index is -1.11. The van der Waals surface area contributed by atoms with Crippen molar-refractivity contribution in [1.82, 2.24) is 0 Å². The predicted molar refractivity (Wildman–Crippen MR) is 110 cm³/mol. The fourth-order valence-electron chi connectivity index (χ4n) is 3.08. The predicted octanol–water partition coefficient (Wildman–Crippen LogP) is 1.47. The van der Waals surface area contributed by atoms with Crippen LogP contribution in [0.1, 0.15) is 16.7 Å². The van der Waals surface area contributed by atoms with Gasteiger partial charge in [-0.15, -0.1) is 0 Å². The van der Waals surface area contributed by atoms with E-state index in [2.05, 4.69) is 49.0 Å². The zero-order valence-electron chi connectivity index (χ0n) is 16.4. The van der Waals surface area contributed by atoms with E-state index in [1.165, 1.54) is 33.9 Å². The van der Waals surface area contributed by atoms with Crippen molar-refractivity contribution in [2.24, 2.45) is 5.41 Å². The highest BCUT2D eigenvalue weighted by atomic mass is 16.5. The van der Waals surface area contributed by atoms with Crippen molar-refractivity contribution in [2.75, 3.05) is 33.0 Å². The number of benzene rings is 2. The molecular weight excluding hydrogens is 372 g/mol. The van der Waals surface area contributed by atoms with Gasteiger partial charge in [0.15, 0.2) is 0 Å². The lowest BCUT2D eigenvalue weighted by molar-refractivity contribution is -0.137. The van der Waals surface area contributed by atoms with Crippen molar-refractivity contribution in [3.63, 3.8) is 0 Å². The van der Waals surface area contributed by atoms with Gasteiger partial charge in [0, 0.05) is 12.5 Å². The van der Waals surface area contributed by atoms with E-state index in [-0.39, 0.29) is 5.97 Å². The zero-order valence-corrected chi connectivity index (χ0v) is 16.4. The minimum absolute atomic E-state index is 0.360. The van der Waals surface area contributed by atoms with Crippen LogP contribution in [0.5, 0.6) is 0 Å². The third-order valence-corrected chi connectivity index (χ3v) is 5.07. The third-order valence-electron chi connectivity index (χ3n) is 5.07. The van der Waals surface area contributed by atoms with Gasteiger partial charge in [0.25, 0.3) is 0 Å². The zero-order chi connectivity index (χ0) is 21.3. The Hall–Kier alpha value is -2.51. The van der Waals surface area contributed by atoms with Crippen LogP contribution in [-0.4, -0.2) is 59.4 Å². The number of hydrogen-bond acceptors (Lipinski definition) is 6. The van der Waals surface area contributed by atoms with Gasteiger partial charge in [-0.05, 0) is 34.2 Å². The van der Waals surface area contributed by atoms with Crippen LogP contribution in [0.15, 0.2) is 55.1 Å². The molecule has 0 radical (unpaired) electrons. The molecule has 2 aromatic rings. The molecule has 0 unspecified atom stereocenters. The molecule has 1 aliphatic rings. The van der Waals surface area contributed by atoms with Crippen LogP contribution < -0.4 is 0 Å². The monoisotopic (exact) mass is 400 g/mol. The minimum Gasteiger partial charge on any atom is -0.462 e. The maximum absolute atomic E-state index is 11.1. The number of carbonyl (C=O) groups excluding carboxylic acids is 1. The Bertz CT molecular complexity index is 808. The lowest BCUT2D eigenvalue weighted by Gasteiger charge is -2.23. The first kappa shape index (κ1) is 22.8. The molecule has 0 fully saturated rings. The highest BCUT2D eigenvalue weighted by molar-refractivity contribution is 5.81. The molecule has 0 saturated carbocycles. The van der Waals surface area contributed by atoms with Gasteiger partial charge < -0.3 is 25.2 Å². The lowest BCUT2D eigenvalue weighted by Crippen LogP contribution is -2.37. The molecule has 6 heteroatoms. The molecule has 156 valence electrons. The number of hydrogen-bond donors (Lipinski definition) is 4. The van der Waals surface area contributed by atoms with E-state index < -0.39 is 31.8 Å². The molecule has 0 spiro atoms. The summed E-state index contributed by atoms with van der Waals surface area (Å²) in [5.74, 6) is -0.360. The molecule has 0 aromatic heterocycles. The average Bonchev–Trinajstić information content (AvgIpc) is 3.16. The molecule has 0 amide bonds. The summed E-state index contributed by atoms with van der Waals surface area (Å²) in [6, 6.07) is 14.9. The standard InChI is InChI=1S/C18H16O2.C5H12O4/c1-2-18(19)20-11-10-13-7-5-9-16-15-8-4-3-6-14(15)12-17(13)16;6-1-5(2-7,3-8)4-9/h2-9H,1,10-12H2;6-9H,1-4H2. The first-order chi connectivity index (χ1) is 14.0. The van der Waals surface area contributed by atoms with Crippen molar-refractivity contribution < 1.29 is 30.0 Å². The second kappa shape index (κ2) is 10.9. The summed E-state index contributed by atoms with van der Waals surface area (Å²) in [4.78, 5) is 11.1. The Morgan fingerprint density at radius 1 is 0.966 bits per heavy atom. The maximum atomic E-state index is 11.1. The van der Waals surface area contributed by atoms with E-state index in [0.717, 1.165) is 12.8 Å². The summed E-state index contributed by atoms with van der Waals surface area (Å²) < 4.78 is 5.08. The molecule has 2 aromatic carbocycles.